The first kappa shape index (κ1) is 15.0. The number of hydrogen-bond donors (Lipinski definition) is 1. The van der Waals surface area contributed by atoms with Gasteiger partial charge in [-0.25, -0.2) is 0 Å². The van der Waals surface area contributed by atoms with Crippen LogP contribution in [0.5, 0.6) is 0 Å². The van der Waals surface area contributed by atoms with E-state index in [0.717, 1.165) is 12.0 Å². The third-order valence-corrected chi connectivity index (χ3v) is 3.50. The number of carbonyl (C=O) groups excluding carboxylic acids is 1. The minimum absolute atomic E-state index is 0.00571. The molecule has 0 aromatic heterocycles. The maximum Gasteiger partial charge on any atom is 0.225 e. The number of ether oxygens (including phenoxy) is 1. The van der Waals surface area contributed by atoms with Crippen LogP contribution in [0.4, 0.5) is 0 Å². The van der Waals surface area contributed by atoms with Crippen molar-refractivity contribution in [2.45, 2.75) is 38.4 Å². The number of rotatable bonds is 4. The molecule has 1 aliphatic rings. The molecular formula is C16H23NO3. The van der Waals surface area contributed by atoms with Crippen LogP contribution in [-0.4, -0.2) is 41.7 Å². The van der Waals surface area contributed by atoms with Crippen molar-refractivity contribution in [2.75, 3.05) is 20.2 Å². The summed E-state index contributed by atoms with van der Waals surface area (Å²) in [6.45, 7) is 4.37. The number of fused-ring (bicyclic) bond motifs is 1. The van der Waals surface area contributed by atoms with Crippen LogP contribution >= 0.6 is 0 Å². The molecule has 0 aliphatic carbocycles. The summed E-state index contributed by atoms with van der Waals surface area (Å²) in [6, 6.07) is 8.12. The molecule has 4 nitrogen and oxygen atoms in total. The molecule has 1 aromatic rings. The van der Waals surface area contributed by atoms with Crippen molar-refractivity contribution in [1.82, 2.24) is 4.90 Å². The third kappa shape index (κ3) is 3.81. The van der Waals surface area contributed by atoms with E-state index in [0.29, 0.717) is 19.6 Å². The van der Waals surface area contributed by atoms with E-state index in [1.165, 1.54) is 5.56 Å². The molecule has 1 aromatic carbocycles. The maximum absolute atomic E-state index is 12.2. The second kappa shape index (κ2) is 5.94. The van der Waals surface area contributed by atoms with E-state index >= 15 is 0 Å². The molecule has 0 radical (unpaired) electrons. The Labute approximate surface area is 120 Å². The van der Waals surface area contributed by atoms with Crippen LogP contribution < -0.4 is 0 Å². The molecule has 1 unspecified atom stereocenters. The summed E-state index contributed by atoms with van der Waals surface area (Å²) in [5, 5.41) is 9.78. The highest BCUT2D eigenvalue weighted by Gasteiger charge is 2.26. The van der Waals surface area contributed by atoms with Gasteiger partial charge in [-0.2, -0.15) is 0 Å². The lowest BCUT2D eigenvalue weighted by Crippen LogP contribution is -2.40. The second-order valence-electron chi connectivity index (χ2n) is 6.07. The van der Waals surface area contributed by atoms with Gasteiger partial charge in [0.2, 0.25) is 5.91 Å². The van der Waals surface area contributed by atoms with Crippen LogP contribution in [0.2, 0.25) is 0 Å². The van der Waals surface area contributed by atoms with Gasteiger partial charge in [-0.15, -0.1) is 0 Å². The fourth-order valence-corrected chi connectivity index (χ4v) is 2.63. The Balaban J connectivity index is 2.02. The molecule has 1 amide bonds. The lowest BCUT2D eigenvalue weighted by atomic mass is 9.95. The van der Waals surface area contributed by atoms with Crippen molar-refractivity contribution < 1.29 is 14.6 Å². The number of hydrogen-bond acceptors (Lipinski definition) is 3. The summed E-state index contributed by atoms with van der Waals surface area (Å²) >= 11 is 0. The van der Waals surface area contributed by atoms with Gasteiger partial charge in [-0.1, -0.05) is 24.3 Å². The SMILES string of the molecule is CN(CC(C)(C)O)C(=O)CC1OCCc2ccccc21. The zero-order valence-corrected chi connectivity index (χ0v) is 12.4. The summed E-state index contributed by atoms with van der Waals surface area (Å²) in [7, 11) is 1.72. The highest BCUT2D eigenvalue weighted by atomic mass is 16.5. The lowest BCUT2D eigenvalue weighted by molar-refractivity contribution is -0.136. The van der Waals surface area contributed by atoms with Gasteiger partial charge in [0.15, 0.2) is 0 Å². The monoisotopic (exact) mass is 277 g/mol. The van der Waals surface area contributed by atoms with Gasteiger partial charge in [0.05, 0.1) is 24.7 Å². The standard InChI is InChI=1S/C16H23NO3/c1-16(2,19)11-17(3)15(18)10-14-13-7-5-4-6-12(13)8-9-20-14/h4-7,14,19H,8-11H2,1-3H3. The zero-order chi connectivity index (χ0) is 14.8. The molecule has 0 bridgehead atoms. The van der Waals surface area contributed by atoms with Crippen molar-refractivity contribution >= 4 is 5.91 Å². The van der Waals surface area contributed by atoms with Gasteiger partial charge in [0.1, 0.15) is 0 Å². The van der Waals surface area contributed by atoms with Crippen molar-refractivity contribution in [3.63, 3.8) is 0 Å². The summed E-state index contributed by atoms with van der Waals surface area (Å²) in [4.78, 5) is 13.8. The van der Waals surface area contributed by atoms with Crippen molar-refractivity contribution in [2.24, 2.45) is 0 Å². The van der Waals surface area contributed by atoms with Gasteiger partial charge < -0.3 is 14.7 Å². The molecule has 110 valence electrons. The molecule has 4 heteroatoms. The summed E-state index contributed by atoms with van der Waals surface area (Å²) in [5.74, 6) is -0.00571. The minimum atomic E-state index is -0.879. The predicted molar refractivity (Wildman–Crippen MR) is 77.4 cm³/mol. The Morgan fingerprint density at radius 2 is 2.15 bits per heavy atom. The van der Waals surface area contributed by atoms with Gasteiger partial charge in [0.25, 0.3) is 0 Å². The van der Waals surface area contributed by atoms with E-state index in [2.05, 4.69) is 6.07 Å². The molecule has 1 atom stereocenters. The van der Waals surface area contributed by atoms with Crippen LogP contribution in [0.15, 0.2) is 24.3 Å². The third-order valence-electron chi connectivity index (χ3n) is 3.50. The molecule has 1 N–H and O–H groups in total. The smallest absolute Gasteiger partial charge is 0.225 e. The first-order valence-corrected chi connectivity index (χ1v) is 7.02. The Kier molecular flexibility index (Phi) is 4.45. The van der Waals surface area contributed by atoms with E-state index in [4.69, 9.17) is 4.74 Å². The Morgan fingerprint density at radius 3 is 2.85 bits per heavy atom. The van der Waals surface area contributed by atoms with Crippen LogP contribution in [0.1, 0.15) is 37.5 Å². The first-order valence-electron chi connectivity index (χ1n) is 7.02. The predicted octanol–water partition coefficient (Wildman–Crippen LogP) is 1.92. The number of benzene rings is 1. The summed E-state index contributed by atoms with van der Waals surface area (Å²) in [5.41, 5.74) is 1.50. The lowest BCUT2D eigenvalue weighted by Gasteiger charge is -2.29. The topological polar surface area (TPSA) is 49.8 Å². The number of aliphatic hydroxyl groups is 1. The normalized spacial score (nSPS) is 18.5. The number of likely N-dealkylation sites (N-methyl/N-ethyl adjacent to an activating group) is 1. The van der Waals surface area contributed by atoms with Crippen LogP contribution in [0.25, 0.3) is 0 Å². The molecule has 1 heterocycles. The largest absolute Gasteiger partial charge is 0.389 e. The van der Waals surface area contributed by atoms with E-state index in [1.807, 2.05) is 18.2 Å². The summed E-state index contributed by atoms with van der Waals surface area (Å²) < 4.78 is 5.75. The summed E-state index contributed by atoms with van der Waals surface area (Å²) in [6.07, 6.45) is 1.06. The van der Waals surface area contributed by atoms with Crippen LogP contribution in [0.3, 0.4) is 0 Å². The quantitative estimate of drug-likeness (QED) is 0.914. The van der Waals surface area contributed by atoms with E-state index in [1.54, 1.807) is 25.8 Å². The van der Waals surface area contributed by atoms with Crippen molar-refractivity contribution in [1.29, 1.82) is 0 Å². The van der Waals surface area contributed by atoms with Gasteiger partial charge in [-0.3, -0.25) is 4.79 Å². The van der Waals surface area contributed by atoms with Crippen molar-refractivity contribution in [3.8, 4) is 0 Å². The average molecular weight is 277 g/mol. The molecule has 2 rings (SSSR count). The highest BCUT2D eigenvalue weighted by Crippen LogP contribution is 2.29. The number of nitrogens with zero attached hydrogens (tertiary/aromatic N) is 1. The Bertz CT molecular complexity index is 479. The Morgan fingerprint density at radius 1 is 1.45 bits per heavy atom. The average Bonchev–Trinajstić information content (AvgIpc) is 2.37. The Hall–Kier alpha value is -1.39. The fourth-order valence-electron chi connectivity index (χ4n) is 2.63. The molecule has 20 heavy (non-hydrogen) atoms. The van der Waals surface area contributed by atoms with E-state index < -0.39 is 5.60 Å². The molecule has 1 aliphatic heterocycles. The number of carbonyl (C=O) groups is 1. The second-order valence-corrected chi connectivity index (χ2v) is 6.07. The minimum Gasteiger partial charge on any atom is -0.389 e. The fraction of sp³-hybridized carbons (Fsp3) is 0.562. The molecule has 0 saturated carbocycles. The molecule has 0 fully saturated rings. The van der Waals surface area contributed by atoms with Crippen LogP contribution in [0, 0.1) is 0 Å². The maximum atomic E-state index is 12.2. The number of amides is 1. The first-order chi connectivity index (χ1) is 9.37. The highest BCUT2D eigenvalue weighted by molar-refractivity contribution is 5.76. The molecule has 0 saturated heterocycles. The van der Waals surface area contributed by atoms with Gasteiger partial charge >= 0.3 is 0 Å². The molecule has 0 spiro atoms. The van der Waals surface area contributed by atoms with Gasteiger partial charge in [-0.05, 0) is 31.4 Å². The van der Waals surface area contributed by atoms with E-state index in [9.17, 15) is 9.90 Å². The van der Waals surface area contributed by atoms with Gasteiger partial charge in [0, 0.05) is 13.6 Å². The van der Waals surface area contributed by atoms with E-state index in [-0.39, 0.29) is 12.0 Å². The molecular weight excluding hydrogens is 254 g/mol. The zero-order valence-electron chi connectivity index (χ0n) is 12.4. The van der Waals surface area contributed by atoms with Crippen LogP contribution in [-0.2, 0) is 16.0 Å². The van der Waals surface area contributed by atoms with Crippen molar-refractivity contribution in [3.05, 3.63) is 35.4 Å².